The summed E-state index contributed by atoms with van der Waals surface area (Å²) in [6, 6.07) is 8.12. The van der Waals surface area contributed by atoms with Crippen molar-refractivity contribution >= 4 is 5.97 Å². The first-order valence-electron chi connectivity index (χ1n) is 9.49. The molecule has 3 rings (SSSR count). The zero-order chi connectivity index (χ0) is 21.8. The molecule has 0 radical (unpaired) electrons. The Morgan fingerprint density at radius 1 is 0.933 bits per heavy atom. The van der Waals surface area contributed by atoms with Gasteiger partial charge in [-0.05, 0) is 12.1 Å². The highest BCUT2D eigenvalue weighted by molar-refractivity contribution is 5.89. The van der Waals surface area contributed by atoms with E-state index < -0.39 is 74.3 Å². The Morgan fingerprint density at radius 3 is 2.27 bits per heavy atom. The lowest BCUT2D eigenvalue weighted by Crippen LogP contribution is -2.62. The fourth-order valence-electron chi connectivity index (χ4n) is 3.29. The van der Waals surface area contributed by atoms with Crippen LogP contribution < -0.4 is 0 Å². The number of ether oxygens (including phenoxy) is 4. The lowest BCUT2D eigenvalue weighted by molar-refractivity contribution is -0.331. The fraction of sp³-hybridized carbons (Fsp3) is 0.632. The van der Waals surface area contributed by atoms with Gasteiger partial charge in [0.05, 0.1) is 18.8 Å². The molecule has 0 saturated carbocycles. The van der Waals surface area contributed by atoms with Crippen LogP contribution in [0.4, 0.5) is 0 Å². The first-order valence-corrected chi connectivity index (χ1v) is 9.49. The number of esters is 1. The van der Waals surface area contributed by atoms with Gasteiger partial charge in [0.1, 0.15) is 55.4 Å². The third kappa shape index (κ3) is 4.97. The third-order valence-electron chi connectivity index (χ3n) is 5.13. The largest absolute Gasteiger partial charge is 0.459 e. The second-order valence-electron chi connectivity index (χ2n) is 7.19. The van der Waals surface area contributed by atoms with Crippen LogP contribution in [0.25, 0.3) is 0 Å². The maximum absolute atomic E-state index is 12.1. The van der Waals surface area contributed by atoms with Crippen molar-refractivity contribution in [3.8, 4) is 0 Å². The molecule has 6 N–H and O–H groups in total. The van der Waals surface area contributed by atoms with E-state index in [4.69, 9.17) is 24.1 Å². The van der Waals surface area contributed by atoms with E-state index in [0.717, 1.165) is 0 Å². The number of aliphatic hydroxyl groups excluding tert-OH is 6. The van der Waals surface area contributed by atoms with Gasteiger partial charge in [0.25, 0.3) is 0 Å². The Bertz CT molecular complexity index is 686. The van der Waals surface area contributed by atoms with Crippen LogP contribution in [0.15, 0.2) is 30.3 Å². The molecule has 11 nitrogen and oxygen atoms in total. The zero-order valence-electron chi connectivity index (χ0n) is 15.9. The highest BCUT2D eigenvalue weighted by Crippen LogP contribution is 2.26. The topological polar surface area (TPSA) is 175 Å². The molecule has 0 aliphatic carbocycles. The van der Waals surface area contributed by atoms with Crippen LogP contribution in [0.2, 0.25) is 0 Å². The Morgan fingerprint density at radius 2 is 1.60 bits per heavy atom. The summed E-state index contributed by atoms with van der Waals surface area (Å²) in [5.41, 5.74) is 0.283. The van der Waals surface area contributed by atoms with Crippen molar-refractivity contribution in [3.63, 3.8) is 0 Å². The molecule has 2 heterocycles. The minimum Gasteiger partial charge on any atom is -0.459 e. The molecule has 0 spiro atoms. The van der Waals surface area contributed by atoms with Crippen molar-refractivity contribution in [2.75, 3.05) is 19.8 Å². The van der Waals surface area contributed by atoms with E-state index in [0.29, 0.717) is 0 Å². The Kier molecular flexibility index (Phi) is 7.74. The Labute approximate surface area is 172 Å². The monoisotopic (exact) mass is 430 g/mol. The SMILES string of the molecule is O=C(OCC1OC(OC2COC(CO)C(O)C2O)C(O)C(O)C1O)c1ccccc1. The molecule has 9 atom stereocenters. The van der Waals surface area contributed by atoms with Crippen LogP contribution in [0, 0.1) is 0 Å². The third-order valence-corrected chi connectivity index (χ3v) is 5.13. The summed E-state index contributed by atoms with van der Waals surface area (Å²) < 4.78 is 21.2. The highest BCUT2D eigenvalue weighted by Gasteiger charge is 2.48. The van der Waals surface area contributed by atoms with E-state index in [1.54, 1.807) is 30.3 Å². The van der Waals surface area contributed by atoms with Crippen molar-refractivity contribution in [1.29, 1.82) is 0 Å². The number of rotatable bonds is 6. The van der Waals surface area contributed by atoms with E-state index in [-0.39, 0.29) is 12.2 Å². The number of benzene rings is 1. The van der Waals surface area contributed by atoms with Crippen LogP contribution in [0.1, 0.15) is 10.4 Å². The van der Waals surface area contributed by atoms with Crippen LogP contribution in [-0.2, 0) is 18.9 Å². The van der Waals surface area contributed by atoms with Gasteiger partial charge in [-0.25, -0.2) is 4.79 Å². The van der Waals surface area contributed by atoms with Crippen molar-refractivity contribution in [3.05, 3.63) is 35.9 Å². The molecule has 0 aromatic heterocycles. The summed E-state index contributed by atoms with van der Waals surface area (Å²) in [5, 5.41) is 59.6. The van der Waals surface area contributed by atoms with Crippen LogP contribution in [-0.4, -0.2) is 112 Å². The van der Waals surface area contributed by atoms with Crippen molar-refractivity contribution < 1.29 is 54.4 Å². The summed E-state index contributed by atoms with van der Waals surface area (Å²) in [7, 11) is 0. The van der Waals surface area contributed by atoms with Gasteiger partial charge in [-0.15, -0.1) is 0 Å². The van der Waals surface area contributed by atoms with E-state index in [1.807, 2.05) is 0 Å². The Hall–Kier alpha value is -1.67. The predicted molar refractivity (Wildman–Crippen MR) is 97.1 cm³/mol. The lowest BCUT2D eigenvalue weighted by atomic mass is 9.98. The average molecular weight is 430 g/mol. The maximum Gasteiger partial charge on any atom is 0.338 e. The number of aliphatic hydroxyl groups is 6. The van der Waals surface area contributed by atoms with Gasteiger partial charge in [0, 0.05) is 0 Å². The van der Waals surface area contributed by atoms with E-state index in [1.165, 1.54) is 0 Å². The summed E-state index contributed by atoms with van der Waals surface area (Å²) in [6.07, 6.45) is -12.7. The molecule has 9 unspecified atom stereocenters. The minimum absolute atomic E-state index is 0.220. The van der Waals surface area contributed by atoms with Gasteiger partial charge in [0.15, 0.2) is 6.29 Å². The van der Waals surface area contributed by atoms with E-state index in [2.05, 4.69) is 0 Å². The standard InChI is InChI=1S/C19H26O11/c20-6-10-13(21)14(22)11(7-27-10)29-19-17(25)16(24)15(23)12(30-19)8-28-18(26)9-4-2-1-3-5-9/h1-5,10-17,19-25H,6-8H2. The summed E-state index contributed by atoms with van der Waals surface area (Å²) in [6.45, 7) is -1.16. The van der Waals surface area contributed by atoms with Crippen molar-refractivity contribution in [2.24, 2.45) is 0 Å². The predicted octanol–water partition coefficient (Wildman–Crippen LogP) is -2.85. The van der Waals surface area contributed by atoms with Gasteiger partial charge in [-0.2, -0.15) is 0 Å². The molecular formula is C19H26O11. The first-order chi connectivity index (χ1) is 14.3. The molecule has 2 aliphatic rings. The van der Waals surface area contributed by atoms with Gasteiger partial charge in [-0.3, -0.25) is 0 Å². The number of hydrogen-bond acceptors (Lipinski definition) is 11. The molecule has 1 aromatic carbocycles. The molecule has 1 aromatic rings. The minimum atomic E-state index is -1.68. The smallest absolute Gasteiger partial charge is 0.338 e. The summed E-state index contributed by atoms with van der Waals surface area (Å²) in [5.74, 6) is -0.668. The molecule has 0 amide bonds. The van der Waals surface area contributed by atoms with Gasteiger partial charge in [-0.1, -0.05) is 18.2 Å². The molecule has 30 heavy (non-hydrogen) atoms. The van der Waals surface area contributed by atoms with Crippen LogP contribution >= 0.6 is 0 Å². The number of carbonyl (C=O) groups is 1. The molecule has 11 heteroatoms. The zero-order valence-corrected chi connectivity index (χ0v) is 15.9. The average Bonchev–Trinajstić information content (AvgIpc) is 2.76. The van der Waals surface area contributed by atoms with Gasteiger partial charge >= 0.3 is 5.97 Å². The van der Waals surface area contributed by atoms with Crippen LogP contribution in [0.3, 0.4) is 0 Å². The maximum atomic E-state index is 12.1. The van der Waals surface area contributed by atoms with E-state index in [9.17, 15) is 30.3 Å². The van der Waals surface area contributed by atoms with E-state index >= 15 is 0 Å². The van der Waals surface area contributed by atoms with Gasteiger partial charge < -0.3 is 49.6 Å². The fourth-order valence-corrected chi connectivity index (χ4v) is 3.29. The summed E-state index contributed by atoms with van der Waals surface area (Å²) >= 11 is 0. The Balaban J connectivity index is 1.61. The molecular weight excluding hydrogens is 404 g/mol. The van der Waals surface area contributed by atoms with Crippen molar-refractivity contribution in [2.45, 2.75) is 55.1 Å². The molecule has 0 bridgehead atoms. The quantitative estimate of drug-likeness (QED) is 0.256. The second-order valence-corrected chi connectivity index (χ2v) is 7.19. The van der Waals surface area contributed by atoms with Crippen LogP contribution in [0.5, 0.6) is 0 Å². The van der Waals surface area contributed by atoms with Crippen molar-refractivity contribution in [1.82, 2.24) is 0 Å². The molecule has 2 fully saturated rings. The molecule has 168 valence electrons. The number of hydrogen-bond donors (Lipinski definition) is 6. The highest BCUT2D eigenvalue weighted by atomic mass is 16.7. The number of carbonyl (C=O) groups excluding carboxylic acids is 1. The molecule has 2 aliphatic heterocycles. The molecule has 2 saturated heterocycles. The lowest BCUT2D eigenvalue weighted by Gasteiger charge is -2.43. The second kappa shape index (κ2) is 10.1. The summed E-state index contributed by atoms with van der Waals surface area (Å²) in [4.78, 5) is 12.1. The van der Waals surface area contributed by atoms with Gasteiger partial charge in [0.2, 0.25) is 0 Å². The normalized spacial score (nSPS) is 39.5. The first kappa shape index (κ1) is 23.0.